The normalized spacial score (nSPS) is 21.1. The molecule has 0 spiro atoms. The Morgan fingerprint density at radius 3 is 2.86 bits per heavy atom. The van der Waals surface area contributed by atoms with E-state index in [9.17, 15) is 4.79 Å². The molecule has 10 nitrogen and oxygen atoms in total. The maximum absolute atomic E-state index is 12.8. The van der Waals surface area contributed by atoms with Crippen LogP contribution in [0.2, 0.25) is 0 Å². The van der Waals surface area contributed by atoms with Crippen molar-refractivity contribution in [2.75, 3.05) is 40.0 Å². The Labute approximate surface area is 212 Å². The molecule has 0 bridgehead atoms. The van der Waals surface area contributed by atoms with Crippen LogP contribution in [0.15, 0.2) is 35.4 Å². The molecule has 1 atom stereocenters. The number of hydrogen-bond acceptors (Lipinski definition) is 9. The third-order valence-corrected chi connectivity index (χ3v) is 7.00. The third-order valence-electron chi connectivity index (χ3n) is 7.00. The molecule has 0 saturated carbocycles. The predicted molar refractivity (Wildman–Crippen MR) is 133 cm³/mol. The number of methoxy groups -OCH3 is 1. The van der Waals surface area contributed by atoms with Gasteiger partial charge in [-0.05, 0) is 25.7 Å². The average Bonchev–Trinajstić information content (AvgIpc) is 3.38. The number of carbonyl (C=O) groups excluding carboxylic acids is 1. The van der Waals surface area contributed by atoms with Crippen LogP contribution in [0.4, 0.5) is 0 Å². The Kier molecular flexibility index (Phi) is 8.54. The van der Waals surface area contributed by atoms with E-state index in [1.165, 1.54) is 7.11 Å². The summed E-state index contributed by atoms with van der Waals surface area (Å²) in [6, 6.07) is 1.95. The zero-order valence-corrected chi connectivity index (χ0v) is 21.1. The van der Waals surface area contributed by atoms with E-state index in [1.54, 1.807) is 12.5 Å². The zero-order valence-electron chi connectivity index (χ0n) is 21.1. The molecule has 3 aliphatic heterocycles. The summed E-state index contributed by atoms with van der Waals surface area (Å²) in [5.74, 6) is 1.41. The zero-order chi connectivity index (χ0) is 25.5. The highest BCUT2D eigenvalue weighted by atomic mass is 16.5. The highest BCUT2D eigenvalue weighted by molar-refractivity contribution is 5.96. The van der Waals surface area contributed by atoms with E-state index < -0.39 is 0 Å². The molecule has 192 valence electrons. The van der Waals surface area contributed by atoms with E-state index in [-0.39, 0.29) is 23.5 Å². The van der Waals surface area contributed by atoms with Gasteiger partial charge in [0.2, 0.25) is 17.7 Å². The van der Waals surface area contributed by atoms with Crippen molar-refractivity contribution in [2.24, 2.45) is 10.9 Å². The number of hydrogen-bond donors (Lipinski definition) is 0. The van der Waals surface area contributed by atoms with E-state index >= 15 is 0 Å². The number of nitrogens with zero attached hydrogens (tertiary/aromatic N) is 6. The van der Waals surface area contributed by atoms with Gasteiger partial charge in [-0.2, -0.15) is 5.26 Å². The highest BCUT2D eigenvalue weighted by Crippen LogP contribution is 2.29. The molecule has 2 saturated heterocycles. The number of ether oxygens (including phenoxy) is 3. The van der Waals surface area contributed by atoms with Crippen molar-refractivity contribution in [3.63, 3.8) is 0 Å². The molecule has 2 fully saturated rings. The molecule has 4 heterocycles. The van der Waals surface area contributed by atoms with E-state index in [1.807, 2.05) is 17.9 Å². The lowest BCUT2D eigenvalue weighted by molar-refractivity contribution is -0.132. The maximum atomic E-state index is 12.8. The van der Waals surface area contributed by atoms with Crippen molar-refractivity contribution in [3.8, 4) is 11.9 Å². The Morgan fingerprint density at radius 2 is 2.11 bits per heavy atom. The van der Waals surface area contributed by atoms with Crippen LogP contribution in [0, 0.1) is 17.2 Å². The number of nitriles is 1. The fourth-order valence-electron chi connectivity index (χ4n) is 4.79. The van der Waals surface area contributed by atoms with Gasteiger partial charge in [0.15, 0.2) is 0 Å². The minimum absolute atomic E-state index is 0.0829. The molecular weight excluding hydrogens is 460 g/mol. The molecule has 36 heavy (non-hydrogen) atoms. The fraction of sp³-hybridized carbons (Fsp3) is 0.577. The standard InChI is InChI=1S/C26H34N6O4/c1-18(13-27)25(34-3)28-14-19(2)31-9-5-23-22(16-31)26(30-17-29-23)36-21-4-8-32(15-21)24(33)12-20-6-10-35-11-7-20/h14,17,20-21H,1,4-12,15-16H2,2-3H3/b19-14+,28-25+/t21-/m0/s1. The number of rotatable bonds is 7. The monoisotopic (exact) mass is 494 g/mol. The lowest BCUT2D eigenvalue weighted by Crippen LogP contribution is -2.34. The molecule has 1 amide bonds. The Bertz CT molecular complexity index is 1070. The first-order chi connectivity index (χ1) is 17.5. The largest absolute Gasteiger partial charge is 0.480 e. The second kappa shape index (κ2) is 12.0. The second-order valence-corrected chi connectivity index (χ2v) is 9.40. The second-order valence-electron chi connectivity index (χ2n) is 9.40. The van der Waals surface area contributed by atoms with Gasteiger partial charge in [-0.25, -0.2) is 15.0 Å². The van der Waals surface area contributed by atoms with Gasteiger partial charge in [0.1, 0.15) is 24.1 Å². The number of fused-ring (bicyclic) bond motifs is 1. The summed E-state index contributed by atoms with van der Waals surface area (Å²) < 4.78 is 16.9. The van der Waals surface area contributed by atoms with Gasteiger partial charge in [0, 0.05) is 64.0 Å². The van der Waals surface area contributed by atoms with Crippen molar-refractivity contribution in [3.05, 3.63) is 41.6 Å². The van der Waals surface area contributed by atoms with Crippen LogP contribution in [0.3, 0.4) is 0 Å². The summed E-state index contributed by atoms with van der Waals surface area (Å²) in [5.41, 5.74) is 3.03. The number of allylic oxidation sites excluding steroid dienone is 1. The summed E-state index contributed by atoms with van der Waals surface area (Å²) in [7, 11) is 1.46. The quantitative estimate of drug-likeness (QED) is 0.323. The smallest absolute Gasteiger partial charge is 0.230 e. The molecule has 3 aliphatic rings. The van der Waals surface area contributed by atoms with Gasteiger partial charge in [-0.3, -0.25) is 4.79 Å². The van der Waals surface area contributed by atoms with E-state index in [0.29, 0.717) is 37.9 Å². The first-order valence-electron chi connectivity index (χ1n) is 12.5. The molecule has 0 aliphatic carbocycles. The highest BCUT2D eigenvalue weighted by Gasteiger charge is 2.31. The maximum Gasteiger partial charge on any atom is 0.230 e. The fourth-order valence-corrected chi connectivity index (χ4v) is 4.79. The van der Waals surface area contributed by atoms with E-state index in [0.717, 1.165) is 62.4 Å². The number of carbonyl (C=O) groups is 1. The summed E-state index contributed by atoms with van der Waals surface area (Å²) >= 11 is 0. The van der Waals surface area contributed by atoms with Crippen LogP contribution in [-0.2, 0) is 27.2 Å². The van der Waals surface area contributed by atoms with Crippen LogP contribution in [0.5, 0.6) is 5.88 Å². The van der Waals surface area contributed by atoms with Crippen molar-refractivity contribution in [1.82, 2.24) is 19.8 Å². The lowest BCUT2D eigenvalue weighted by atomic mass is 9.96. The number of aromatic nitrogens is 2. The van der Waals surface area contributed by atoms with Crippen LogP contribution in [0.25, 0.3) is 0 Å². The van der Waals surface area contributed by atoms with Crippen molar-refractivity contribution >= 4 is 11.8 Å². The van der Waals surface area contributed by atoms with Gasteiger partial charge in [0.05, 0.1) is 24.9 Å². The summed E-state index contributed by atoms with van der Waals surface area (Å²) in [4.78, 5) is 30.1. The third kappa shape index (κ3) is 6.21. The molecule has 0 unspecified atom stereocenters. The number of aliphatic imine (C=N–C) groups is 1. The topological polar surface area (TPSA) is 113 Å². The van der Waals surface area contributed by atoms with Crippen molar-refractivity contribution in [1.29, 1.82) is 5.26 Å². The summed E-state index contributed by atoms with van der Waals surface area (Å²) in [6.07, 6.45) is 7.21. The van der Waals surface area contributed by atoms with Gasteiger partial charge in [-0.15, -0.1) is 0 Å². The molecular formula is C26H34N6O4. The van der Waals surface area contributed by atoms with Crippen LogP contribution in [0.1, 0.15) is 43.9 Å². The first-order valence-corrected chi connectivity index (χ1v) is 12.5. The van der Waals surface area contributed by atoms with Crippen LogP contribution >= 0.6 is 0 Å². The first kappa shape index (κ1) is 25.6. The molecule has 0 radical (unpaired) electrons. The number of amides is 1. The number of likely N-dealkylation sites (tertiary alicyclic amines) is 1. The van der Waals surface area contributed by atoms with Crippen molar-refractivity contribution in [2.45, 2.75) is 51.7 Å². The van der Waals surface area contributed by atoms with Crippen LogP contribution < -0.4 is 4.74 Å². The van der Waals surface area contributed by atoms with Gasteiger partial charge >= 0.3 is 0 Å². The minimum Gasteiger partial charge on any atom is -0.480 e. The minimum atomic E-state index is -0.0829. The van der Waals surface area contributed by atoms with Crippen LogP contribution in [-0.4, -0.2) is 77.6 Å². The average molecular weight is 495 g/mol. The molecule has 4 rings (SSSR count). The molecule has 0 N–H and O–H groups in total. The summed E-state index contributed by atoms with van der Waals surface area (Å²) in [6.45, 7) is 9.77. The Hall–Kier alpha value is -3.45. The lowest BCUT2D eigenvalue weighted by Gasteiger charge is -2.31. The van der Waals surface area contributed by atoms with Gasteiger partial charge in [0.25, 0.3) is 0 Å². The van der Waals surface area contributed by atoms with Gasteiger partial charge in [-0.1, -0.05) is 6.58 Å². The Balaban J connectivity index is 1.38. The molecule has 1 aromatic heterocycles. The Morgan fingerprint density at radius 1 is 1.31 bits per heavy atom. The summed E-state index contributed by atoms with van der Waals surface area (Å²) in [5, 5.41) is 9.03. The van der Waals surface area contributed by atoms with Gasteiger partial charge < -0.3 is 24.0 Å². The predicted octanol–water partition coefficient (Wildman–Crippen LogP) is 2.62. The van der Waals surface area contributed by atoms with E-state index in [2.05, 4.69) is 26.4 Å². The molecule has 0 aromatic carbocycles. The molecule has 10 heteroatoms. The van der Waals surface area contributed by atoms with E-state index in [4.69, 9.17) is 19.5 Å². The molecule has 1 aromatic rings. The SMILES string of the molecule is C=C(C#N)/C(=N\C=C(/C)N1CCc2ncnc(O[C@H]3CCN(C(=O)CC4CCOCC4)C3)c2C1)OC. The van der Waals surface area contributed by atoms with Crippen molar-refractivity contribution < 1.29 is 19.0 Å².